The van der Waals surface area contributed by atoms with Gasteiger partial charge >= 0.3 is 0 Å². The summed E-state index contributed by atoms with van der Waals surface area (Å²) < 4.78 is 1.52. The average Bonchev–Trinajstić information content (AvgIpc) is 2.87. The first-order valence-corrected chi connectivity index (χ1v) is 8.69. The fourth-order valence-electron chi connectivity index (χ4n) is 2.97. The van der Waals surface area contributed by atoms with Crippen molar-refractivity contribution in [2.45, 2.75) is 32.7 Å². The van der Waals surface area contributed by atoms with E-state index in [0.717, 1.165) is 0 Å². The summed E-state index contributed by atoms with van der Waals surface area (Å²) in [4.78, 5) is 42.8. The lowest BCUT2D eigenvalue weighted by Crippen LogP contribution is -2.32. The van der Waals surface area contributed by atoms with Crippen LogP contribution >= 0.6 is 0 Å². The number of benzene rings is 1. The van der Waals surface area contributed by atoms with E-state index in [0.29, 0.717) is 23.0 Å². The van der Waals surface area contributed by atoms with E-state index in [1.54, 1.807) is 42.6 Å². The summed E-state index contributed by atoms with van der Waals surface area (Å²) in [5.41, 5.74) is 1.46. The van der Waals surface area contributed by atoms with Gasteiger partial charge in [0.05, 0.1) is 11.1 Å². The molecule has 1 aliphatic heterocycles. The molecule has 0 spiro atoms. The number of rotatable bonds is 5. The second-order valence-electron chi connectivity index (χ2n) is 6.46. The summed E-state index contributed by atoms with van der Waals surface area (Å²) in [6, 6.07) is 12.3. The molecule has 134 valence electrons. The molecule has 0 bridgehead atoms. The van der Waals surface area contributed by atoms with Crippen molar-refractivity contribution in [2.24, 2.45) is 4.99 Å². The van der Waals surface area contributed by atoms with Gasteiger partial charge in [0.2, 0.25) is 5.91 Å². The van der Waals surface area contributed by atoms with Crippen molar-refractivity contribution in [1.82, 2.24) is 9.47 Å². The van der Waals surface area contributed by atoms with Crippen LogP contribution in [0.5, 0.6) is 0 Å². The Morgan fingerprint density at radius 1 is 1.00 bits per heavy atom. The van der Waals surface area contributed by atoms with Crippen molar-refractivity contribution in [1.29, 1.82) is 0 Å². The summed E-state index contributed by atoms with van der Waals surface area (Å²) in [6.07, 6.45) is 2.32. The predicted molar refractivity (Wildman–Crippen MR) is 96.8 cm³/mol. The summed E-state index contributed by atoms with van der Waals surface area (Å²) >= 11 is 0. The first-order chi connectivity index (χ1) is 12.5. The van der Waals surface area contributed by atoms with Gasteiger partial charge in [0, 0.05) is 25.2 Å². The molecule has 1 aromatic carbocycles. The van der Waals surface area contributed by atoms with Gasteiger partial charge in [-0.15, -0.1) is 0 Å². The Labute approximate surface area is 151 Å². The van der Waals surface area contributed by atoms with E-state index in [4.69, 9.17) is 0 Å². The Morgan fingerprint density at radius 2 is 1.62 bits per heavy atom. The Morgan fingerprint density at radius 3 is 2.23 bits per heavy atom. The van der Waals surface area contributed by atoms with E-state index < -0.39 is 0 Å². The zero-order valence-corrected chi connectivity index (χ0v) is 14.9. The van der Waals surface area contributed by atoms with Crippen molar-refractivity contribution in [3.63, 3.8) is 0 Å². The predicted octanol–water partition coefficient (Wildman–Crippen LogP) is 2.51. The van der Waals surface area contributed by atoms with Crippen LogP contribution in [-0.4, -0.2) is 39.8 Å². The zero-order chi connectivity index (χ0) is 18.7. The first kappa shape index (κ1) is 17.8. The molecule has 6 heteroatoms. The third-order valence-electron chi connectivity index (χ3n) is 4.15. The molecule has 0 fully saturated rings. The molecule has 0 saturated heterocycles. The molecule has 0 saturated carbocycles. The molecule has 26 heavy (non-hydrogen) atoms. The Balaban J connectivity index is 1.66. The van der Waals surface area contributed by atoms with Crippen molar-refractivity contribution in [2.75, 3.05) is 6.54 Å². The summed E-state index contributed by atoms with van der Waals surface area (Å²) in [7, 11) is 0. The van der Waals surface area contributed by atoms with Crippen LogP contribution in [0, 0.1) is 0 Å². The van der Waals surface area contributed by atoms with Crippen molar-refractivity contribution >= 4 is 17.7 Å². The number of nitrogens with zero attached hydrogens (tertiary/aromatic N) is 3. The number of hydrogen-bond acceptors (Lipinski definition) is 4. The molecule has 2 aromatic rings. The zero-order valence-electron chi connectivity index (χ0n) is 14.9. The van der Waals surface area contributed by atoms with Crippen LogP contribution < -0.4 is 5.49 Å². The highest BCUT2D eigenvalue weighted by Gasteiger charge is 2.34. The minimum atomic E-state index is -0.291. The van der Waals surface area contributed by atoms with Gasteiger partial charge in [-0.25, -0.2) is 0 Å². The number of carbonyl (C=O) groups is 3. The smallest absolute Gasteiger partial charge is 0.261 e. The van der Waals surface area contributed by atoms with Gasteiger partial charge in [-0.2, -0.15) is 0 Å². The van der Waals surface area contributed by atoms with E-state index >= 15 is 0 Å². The molecule has 0 aliphatic carbocycles. The molecular formula is C20H21N3O3. The quantitative estimate of drug-likeness (QED) is 0.777. The van der Waals surface area contributed by atoms with Crippen LogP contribution in [-0.2, 0) is 0 Å². The van der Waals surface area contributed by atoms with Crippen molar-refractivity contribution in [3.8, 4) is 0 Å². The second-order valence-corrected chi connectivity index (χ2v) is 6.46. The molecule has 1 aliphatic rings. The number of carbonyl (C=O) groups excluding carboxylic acids is 3. The van der Waals surface area contributed by atoms with Gasteiger partial charge in [-0.05, 0) is 44.5 Å². The minimum Gasteiger partial charge on any atom is -0.274 e. The van der Waals surface area contributed by atoms with Gasteiger partial charge in [-0.1, -0.05) is 18.2 Å². The SMILES string of the molecule is CC(C)N=c1ccccn1C(=O)CCCN1C(=O)c2ccccc2C1=O. The van der Waals surface area contributed by atoms with Crippen molar-refractivity contribution < 1.29 is 14.4 Å². The third kappa shape index (κ3) is 3.49. The van der Waals surface area contributed by atoms with Gasteiger partial charge in [0.15, 0.2) is 0 Å². The Bertz CT molecular complexity index is 893. The van der Waals surface area contributed by atoms with Crippen LogP contribution in [0.2, 0.25) is 0 Å². The largest absolute Gasteiger partial charge is 0.274 e. The molecule has 2 heterocycles. The van der Waals surface area contributed by atoms with E-state index in [9.17, 15) is 14.4 Å². The minimum absolute atomic E-state index is 0.0785. The number of hydrogen-bond donors (Lipinski definition) is 0. The van der Waals surface area contributed by atoms with Gasteiger partial charge in [-0.3, -0.25) is 28.8 Å². The maximum absolute atomic E-state index is 12.5. The first-order valence-electron chi connectivity index (χ1n) is 8.69. The lowest BCUT2D eigenvalue weighted by molar-refractivity contribution is 0.0644. The lowest BCUT2D eigenvalue weighted by atomic mass is 10.1. The highest BCUT2D eigenvalue weighted by atomic mass is 16.2. The molecule has 0 atom stereocenters. The average molecular weight is 351 g/mol. The molecule has 0 N–H and O–H groups in total. The topological polar surface area (TPSA) is 71.7 Å². The normalized spacial score (nSPS) is 14.3. The number of amides is 2. The van der Waals surface area contributed by atoms with Crippen LogP contribution in [0.15, 0.2) is 53.7 Å². The number of aromatic nitrogens is 1. The molecule has 0 radical (unpaired) electrons. The van der Waals surface area contributed by atoms with Crippen LogP contribution in [0.4, 0.5) is 0 Å². The highest BCUT2D eigenvalue weighted by Crippen LogP contribution is 2.22. The molecule has 0 unspecified atom stereocenters. The van der Waals surface area contributed by atoms with Crippen LogP contribution in [0.1, 0.15) is 52.2 Å². The fourth-order valence-corrected chi connectivity index (χ4v) is 2.97. The maximum Gasteiger partial charge on any atom is 0.261 e. The molecule has 1 aromatic heterocycles. The summed E-state index contributed by atoms with van der Waals surface area (Å²) in [6.45, 7) is 4.12. The maximum atomic E-state index is 12.5. The molecule has 6 nitrogen and oxygen atoms in total. The fraction of sp³-hybridized carbons (Fsp3) is 0.300. The molecular weight excluding hydrogens is 330 g/mol. The number of pyridine rings is 1. The second kappa shape index (κ2) is 7.47. The lowest BCUT2D eigenvalue weighted by Gasteiger charge is -2.13. The van der Waals surface area contributed by atoms with Crippen LogP contribution in [0.3, 0.4) is 0 Å². The Hall–Kier alpha value is -3.02. The number of fused-ring (bicyclic) bond motifs is 1. The van der Waals surface area contributed by atoms with E-state index in [1.165, 1.54) is 9.47 Å². The van der Waals surface area contributed by atoms with E-state index in [-0.39, 0.29) is 36.7 Å². The summed E-state index contributed by atoms with van der Waals surface area (Å²) in [5.74, 6) is -0.691. The van der Waals surface area contributed by atoms with E-state index in [1.807, 2.05) is 19.9 Å². The highest BCUT2D eigenvalue weighted by molar-refractivity contribution is 6.21. The number of imide groups is 1. The third-order valence-corrected chi connectivity index (χ3v) is 4.15. The van der Waals surface area contributed by atoms with E-state index in [2.05, 4.69) is 4.99 Å². The molecule has 3 rings (SSSR count). The summed E-state index contributed by atoms with van der Waals surface area (Å²) in [5, 5.41) is 0. The molecule has 2 amide bonds. The van der Waals surface area contributed by atoms with Gasteiger partial charge in [0.1, 0.15) is 5.49 Å². The van der Waals surface area contributed by atoms with Crippen LogP contribution in [0.25, 0.3) is 0 Å². The standard InChI is InChI=1S/C20H21N3O3/c1-14(2)21-17-10-5-6-12-22(17)18(24)11-7-13-23-19(25)15-8-3-4-9-16(15)20(23)26/h3-6,8-10,12,14H,7,11,13H2,1-2H3. The van der Waals surface area contributed by atoms with Gasteiger partial charge in [0.25, 0.3) is 11.8 Å². The van der Waals surface area contributed by atoms with Gasteiger partial charge < -0.3 is 0 Å². The van der Waals surface area contributed by atoms with Crippen molar-refractivity contribution in [3.05, 3.63) is 65.3 Å². The monoisotopic (exact) mass is 351 g/mol. The Kier molecular flexibility index (Phi) is 5.11.